The molecular weight excluding hydrogens is 398 g/mol. The third kappa shape index (κ3) is 3.35. The summed E-state index contributed by atoms with van der Waals surface area (Å²) in [5.74, 6) is -0.0900. The topological polar surface area (TPSA) is 81.8 Å². The molecule has 3 heterocycles. The number of hydrogen-bond acceptors (Lipinski definition) is 5. The fraction of sp³-hybridized carbons (Fsp3) is 0.474. The molecule has 3 aromatic heterocycles. The molecule has 4 rings (SSSR count). The lowest BCUT2D eigenvalue weighted by Gasteiger charge is -2.12. The number of nitrogens with one attached hydrogen (secondary N) is 1. The number of hydrogen-bond donors (Lipinski definition) is 1. The highest BCUT2D eigenvalue weighted by atomic mass is 35.5. The van der Waals surface area contributed by atoms with Crippen molar-refractivity contribution in [2.45, 2.75) is 58.9 Å². The van der Waals surface area contributed by atoms with Crippen LogP contribution in [-0.2, 0) is 19.4 Å². The molecule has 0 bridgehead atoms. The van der Waals surface area contributed by atoms with Gasteiger partial charge in [0, 0.05) is 17.6 Å². The second-order valence-electron chi connectivity index (χ2n) is 7.02. The summed E-state index contributed by atoms with van der Waals surface area (Å²) in [5.41, 5.74) is 3.60. The van der Waals surface area contributed by atoms with E-state index >= 15 is 0 Å². The maximum Gasteiger partial charge on any atom is 0.292 e. The van der Waals surface area contributed by atoms with Crippen molar-refractivity contribution in [2.75, 3.05) is 5.43 Å². The first-order valence-corrected chi connectivity index (χ1v) is 10.8. The second kappa shape index (κ2) is 7.67. The molecule has 148 valence electrons. The first kappa shape index (κ1) is 19.1. The lowest BCUT2D eigenvalue weighted by atomic mass is 9.98. The van der Waals surface area contributed by atoms with E-state index in [1.54, 1.807) is 29.1 Å². The Morgan fingerprint density at radius 1 is 1.29 bits per heavy atom. The molecule has 1 aliphatic rings. The normalized spacial score (nSPS) is 14.5. The Morgan fingerprint density at radius 3 is 2.75 bits per heavy atom. The molecule has 3 aromatic rings. The third-order valence-electron chi connectivity index (χ3n) is 5.13. The van der Waals surface area contributed by atoms with Gasteiger partial charge in [-0.15, -0.1) is 11.3 Å². The van der Waals surface area contributed by atoms with Crippen LogP contribution < -0.4 is 11.0 Å². The Hall–Kier alpha value is -2.19. The maximum atomic E-state index is 13.2. The highest BCUT2D eigenvalue weighted by Crippen LogP contribution is 2.32. The fourth-order valence-electron chi connectivity index (χ4n) is 3.66. The van der Waals surface area contributed by atoms with Gasteiger partial charge in [-0.2, -0.15) is 5.10 Å². The van der Waals surface area contributed by atoms with E-state index in [2.05, 4.69) is 15.5 Å². The first-order chi connectivity index (χ1) is 13.5. The summed E-state index contributed by atoms with van der Waals surface area (Å²) in [6.45, 7) is 4.22. The summed E-state index contributed by atoms with van der Waals surface area (Å²) in [5, 5.41) is 5.05. The standard InChI is InChI=1S/C19H22ClN5O2S/c1-3-24-10-13(20)16(22-24)17(26)23-25-11(2)21-18-15(19(25)27)12-8-6-4-5-7-9-14(12)28-18/h10H,3-9H2,1-2H3,(H,23,26). The van der Waals surface area contributed by atoms with Gasteiger partial charge in [-0.3, -0.25) is 19.7 Å². The molecule has 1 N–H and O–H groups in total. The SMILES string of the molecule is CCn1cc(Cl)c(C(=O)Nn2c(C)nc3sc4c(c3c2=O)CCCCCC4)n1. The number of aromatic nitrogens is 4. The molecule has 9 heteroatoms. The molecule has 0 radical (unpaired) electrons. The fourth-order valence-corrected chi connectivity index (χ4v) is 5.19. The van der Waals surface area contributed by atoms with E-state index in [-0.39, 0.29) is 16.3 Å². The Bertz CT molecular complexity index is 1110. The van der Waals surface area contributed by atoms with Gasteiger partial charge in [0.15, 0.2) is 5.69 Å². The number of thiophene rings is 1. The summed E-state index contributed by atoms with van der Waals surface area (Å²) in [6.07, 6.45) is 8.09. The molecular formula is C19H22ClN5O2S. The highest BCUT2D eigenvalue weighted by molar-refractivity contribution is 7.18. The molecule has 0 atom stereocenters. The quantitative estimate of drug-likeness (QED) is 0.702. The Labute approximate surface area is 171 Å². The number of rotatable bonds is 3. The zero-order valence-corrected chi connectivity index (χ0v) is 17.5. The first-order valence-electron chi connectivity index (χ1n) is 9.57. The van der Waals surface area contributed by atoms with Crippen LogP contribution in [0.2, 0.25) is 5.02 Å². The summed E-state index contributed by atoms with van der Waals surface area (Å²) in [7, 11) is 0. The van der Waals surface area contributed by atoms with Crippen LogP contribution in [0.5, 0.6) is 0 Å². The number of carbonyl (C=O) groups is 1. The Balaban J connectivity index is 1.76. The minimum Gasteiger partial charge on any atom is -0.271 e. The van der Waals surface area contributed by atoms with Crippen LogP contribution in [0.1, 0.15) is 59.4 Å². The van der Waals surface area contributed by atoms with Crippen LogP contribution in [0, 0.1) is 6.92 Å². The van der Waals surface area contributed by atoms with Crippen molar-refractivity contribution in [3.05, 3.63) is 43.5 Å². The van der Waals surface area contributed by atoms with Gasteiger partial charge in [-0.1, -0.05) is 24.4 Å². The van der Waals surface area contributed by atoms with E-state index < -0.39 is 5.91 Å². The van der Waals surface area contributed by atoms with Crippen LogP contribution in [0.4, 0.5) is 0 Å². The van der Waals surface area contributed by atoms with Crippen LogP contribution in [0.25, 0.3) is 10.2 Å². The molecule has 0 unspecified atom stereocenters. The lowest BCUT2D eigenvalue weighted by Crippen LogP contribution is -2.36. The monoisotopic (exact) mass is 419 g/mol. The highest BCUT2D eigenvalue weighted by Gasteiger charge is 2.22. The van der Waals surface area contributed by atoms with Gasteiger partial charge in [0.05, 0.1) is 10.4 Å². The van der Waals surface area contributed by atoms with Crippen molar-refractivity contribution < 1.29 is 4.79 Å². The molecule has 1 amide bonds. The number of halogens is 1. The van der Waals surface area contributed by atoms with Gasteiger partial charge in [0.25, 0.3) is 11.5 Å². The van der Waals surface area contributed by atoms with E-state index in [9.17, 15) is 9.59 Å². The van der Waals surface area contributed by atoms with Crippen LogP contribution in [-0.4, -0.2) is 25.3 Å². The van der Waals surface area contributed by atoms with Gasteiger partial charge in [0.1, 0.15) is 10.7 Å². The van der Waals surface area contributed by atoms with Gasteiger partial charge >= 0.3 is 0 Å². The molecule has 0 spiro atoms. The van der Waals surface area contributed by atoms with Crippen LogP contribution in [0.15, 0.2) is 11.0 Å². The minimum absolute atomic E-state index is 0.0931. The van der Waals surface area contributed by atoms with Crippen LogP contribution >= 0.6 is 22.9 Å². The smallest absolute Gasteiger partial charge is 0.271 e. The Kier molecular flexibility index (Phi) is 5.25. The molecule has 7 nitrogen and oxygen atoms in total. The zero-order chi connectivity index (χ0) is 19.8. The predicted molar refractivity (Wildman–Crippen MR) is 111 cm³/mol. The summed E-state index contributed by atoms with van der Waals surface area (Å²) < 4.78 is 2.80. The average molecular weight is 420 g/mol. The summed E-state index contributed by atoms with van der Waals surface area (Å²) in [6, 6.07) is 0. The average Bonchev–Trinajstić information content (AvgIpc) is 3.18. The van der Waals surface area contributed by atoms with Crippen molar-refractivity contribution >= 4 is 39.1 Å². The maximum absolute atomic E-state index is 13.2. The van der Waals surface area contributed by atoms with Crippen molar-refractivity contribution in [3.8, 4) is 0 Å². The van der Waals surface area contributed by atoms with Crippen molar-refractivity contribution in [2.24, 2.45) is 0 Å². The van der Waals surface area contributed by atoms with Crippen molar-refractivity contribution in [1.29, 1.82) is 0 Å². The lowest BCUT2D eigenvalue weighted by molar-refractivity contribution is 0.100. The summed E-state index contributed by atoms with van der Waals surface area (Å²) in [4.78, 5) is 32.5. The zero-order valence-electron chi connectivity index (χ0n) is 15.9. The minimum atomic E-state index is -0.526. The van der Waals surface area contributed by atoms with Gasteiger partial charge in [-0.25, -0.2) is 9.66 Å². The molecule has 0 aromatic carbocycles. The molecule has 1 aliphatic carbocycles. The molecule has 28 heavy (non-hydrogen) atoms. The van der Waals surface area contributed by atoms with Crippen LogP contribution in [0.3, 0.4) is 0 Å². The van der Waals surface area contributed by atoms with E-state index in [1.165, 1.54) is 22.4 Å². The molecule has 0 saturated heterocycles. The number of fused-ring (bicyclic) bond motifs is 3. The number of nitrogens with zero attached hydrogens (tertiary/aromatic N) is 4. The molecule has 0 aliphatic heterocycles. The largest absolute Gasteiger partial charge is 0.292 e. The van der Waals surface area contributed by atoms with Gasteiger partial charge < -0.3 is 0 Å². The molecule has 0 fully saturated rings. The van der Waals surface area contributed by atoms with E-state index in [4.69, 9.17) is 11.6 Å². The van der Waals surface area contributed by atoms with Crippen molar-refractivity contribution in [1.82, 2.24) is 19.4 Å². The number of aryl methyl sites for hydroxylation is 4. The second-order valence-corrected chi connectivity index (χ2v) is 8.51. The Morgan fingerprint density at radius 2 is 2.04 bits per heavy atom. The van der Waals surface area contributed by atoms with E-state index in [0.29, 0.717) is 17.8 Å². The van der Waals surface area contributed by atoms with Gasteiger partial charge in [0.2, 0.25) is 0 Å². The third-order valence-corrected chi connectivity index (χ3v) is 6.59. The van der Waals surface area contributed by atoms with Crippen molar-refractivity contribution in [3.63, 3.8) is 0 Å². The number of amides is 1. The summed E-state index contributed by atoms with van der Waals surface area (Å²) >= 11 is 7.73. The molecule has 0 saturated carbocycles. The van der Waals surface area contributed by atoms with E-state index in [0.717, 1.165) is 36.1 Å². The number of carbonyl (C=O) groups excluding carboxylic acids is 1. The van der Waals surface area contributed by atoms with E-state index in [1.807, 2.05) is 6.92 Å². The van der Waals surface area contributed by atoms with Gasteiger partial charge in [-0.05, 0) is 45.1 Å². The predicted octanol–water partition coefficient (Wildman–Crippen LogP) is 3.68.